The third kappa shape index (κ3) is 2.25. The molecule has 1 aliphatic heterocycles. The molecule has 0 bridgehead atoms. The van der Waals surface area contributed by atoms with Gasteiger partial charge in [0.1, 0.15) is 0 Å². The number of halogens is 1. The maximum atomic E-state index is 12.3. The molecule has 4 heteroatoms. The summed E-state index contributed by atoms with van der Waals surface area (Å²) in [5.41, 5.74) is 4.57. The Balaban J connectivity index is 1.91. The lowest BCUT2D eigenvalue weighted by Gasteiger charge is -1.98. The lowest BCUT2D eigenvalue weighted by atomic mass is 10.0. The van der Waals surface area contributed by atoms with Gasteiger partial charge in [-0.25, -0.2) is 0 Å². The molecular formula is C19H15ClN2O. The Hall–Kier alpha value is -2.52. The first-order valence-electron chi connectivity index (χ1n) is 7.58. The maximum Gasteiger partial charge on any atom is 0.256 e. The van der Waals surface area contributed by atoms with E-state index < -0.39 is 0 Å². The standard InChI is InChI=1S/C19H15ClN2O/c1-2-22-11-12(14-5-3-4-6-18(14)22)9-16-15-8-7-13(20)10-17(15)21-19(16)23/h3-11H,2H2,1H3,(H,21,23)/b16-9+. The molecule has 1 aromatic heterocycles. The third-order valence-corrected chi connectivity index (χ3v) is 4.46. The number of rotatable bonds is 2. The van der Waals surface area contributed by atoms with Crippen molar-refractivity contribution in [3.05, 3.63) is 64.8 Å². The molecule has 2 aromatic carbocycles. The summed E-state index contributed by atoms with van der Waals surface area (Å²) in [6, 6.07) is 13.7. The molecule has 0 saturated carbocycles. The number of hydrogen-bond acceptors (Lipinski definition) is 1. The normalized spacial score (nSPS) is 15.2. The monoisotopic (exact) mass is 322 g/mol. The molecule has 0 saturated heterocycles. The highest BCUT2D eigenvalue weighted by Crippen LogP contribution is 2.36. The second-order valence-corrected chi connectivity index (χ2v) is 6.03. The predicted molar refractivity (Wildman–Crippen MR) is 95.6 cm³/mol. The molecule has 1 aliphatic rings. The minimum Gasteiger partial charge on any atom is -0.347 e. The summed E-state index contributed by atoms with van der Waals surface area (Å²) in [5, 5.41) is 4.65. The van der Waals surface area contributed by atoms with E-state index in [2.05, 4.69) is 35.1 Å². The largest absolute Gasteiger partial charge is 0.347 e. The molecule has 0 atom stereocenters. The van der Waals surface area contributed by atoms with E-state index in [0.717, 1.165) is 28.7 Å². The zero-order valence-electron chi connectivity index (χ0n) is 12.6. The van der Waals surface area contributed by atoms with Gasteiger partial charge in [-0.05, 0) is 31.2 Å². The predicted octanol–water partition coefficient (Wildman–Crippen LogP) is 4.81. The molecule has 3 aromatic rings. The molecule has 0 spiro atoms. The van der Waals surface area contributed by atoms with E-state index in [9.17, 15) is 4.79 Å². The van der Waals surface area contributed by atoms with Crippen molar-refractivity contribution < 1.29 is 4.79 Å². The lowest BCUT2D eigenvalue weighted by Crippen LogP contribution is -2.03. The Labute approximate surface area is 139 Å². The molecular weight excluding hydrogens is 308 g/mol. The molecule has 0 radical (unpaired) electrons. The summed E-state index contributed by atoms with van der Waals surface area (Å²) in [6.07, 6.45) is 4.06. The van der Waals surface area contributed by atoms with Crippen LogP contribution in [0.3, 0.4) is 0 Å². The fraction of sp³-hybridized carbons (Fsp3) is 0.105. The number of hydrogen-bond donors (Lipinski definition) is 1. The van der Waals surface area contributed by atoms with Crippen LogP contribution in [0.4, 0.5) is 5.69 Å². The molecule has 3 nitrogen and oxygen atoms in total. The third-order valence-electron chi connectivity index (χ3n) is 4.22. The van der Waals surface area contributed by atoms with E-state index in [0.29, 0.717) is 10.6 Å². The zero-order chi connectivity index (χ0) is 16.0. The van der Waals surface area contributed by atoms with Crippen molar-refractivity contribution in [3.63, 3.8) is 0 Å². The number of aryl methyl sites for hydroxylation is 1. The number of anilines is 1. The number of amides is 1. The van der Waals surface area contributed by atoms with E-state index >= 15 is 0 Å². The first kappa shape index (κ1) is 14.1. The number of fused-ring (bicyclic) bond motifs is 2. The Kier molecular flexibility index (Phi) is 3.24. The molecule has 0 unspecified atom stereocenters. The molecule has 4 rings (SSSR count). The number of para-hydroxylation sites is 1. The number of benzene rings is 2. The first-order chi connectivity index (χ1) is 11.2. The van der Waals surface area contributed by atoms with Crippen LogP contribution in [-0.2, 0) is 11.3 Å². The van der Waals surface area contributed by atoms with Gasteiger partial charge < -0.3 is 9.88 Å². The van der Waals surface area contributed by atoms with Crippen LogP contribution in [-0.4, -0.2) is 10.5 Å². The van der Waals surface area contributed by atoms with Crippen molar-refractivity contribution in [1.82, 2.24) is 4.57 Å². The van der Waals surface area contributed by atoms with Gasteiger partial charge in [-0.15, -0.1) is 0 Å². The summed E-state index contributed by atoms with van der Waals surface area (Å²) in [4.78, 5) is 12.3. The Morgan fingerprint density at radius 3 is 2.87 bits per heavy atom. The molecule has 1 amide bonds. The second kappa shape index (κ2) is 5.28. The number of carbonyl (C=O) groups is 1. The molecule has 0 aliphatic carbocycles. The van der Waals surface area contributed by atoms with Crippen molar-refractivity contribution in [2.75, 3.05) is 5.32 Å². The van der Waals surface area contributed by atoms with Crippen LogP contribution < -0.4 is 5.32 Å². The van der Waals surface area contributed by atoms with Crippen molar-refractivity contribution >= 4 is 45.7 Å². The van der Waals surface area contributed by atoms with E-state index in [1.165, 1.54) is 5.52 Å². The average Bonchev–Trinajstić information content (AvgIpc) is 3.06. The first-order valence-corrected chi connectivity index (χ1v) is 7.96. The molecule has 0 fully saturated rings. The number of nitrogens with zero attached hydrogens (tertiary/aromatic N) is 1. The van der Waals surface area contributed by atoms with Gasteiger partial charge in [0.05, 0.1) is 5.69 Å². The van der Waals surface area contributed by atoms with Crippen LogP contribution in [0.15, 0.2) is 48.7 Å². The molecule has 1 N–H and O–H groups in total. The summed E-state index contributed by atoms with van der Waals surface area (Å²) in [6.45, 7) is 3.00. The fourth-order valence-electron chi connectivity index (χ4n) is 3.12. The summed E-state index contributed by atoms with van der Waals surface area (Å²) in [7, 11) is 0. The van der Waals surface area contributed by atoms with Crippen molar-refractivity contribution in [1.29, 1.82) is 0 Å². The number of carbonyl (C=O) groups excluding carboxylic acids is 1. The highest BCUT2D eigenvalue weighted by Gasteiger charge is 2.24. The van der Waals surface area contributed by atoms with E-state index in [-0.39, 0.29) is 5.91 Å². The van der Waals surface area contributed by atoms with E-state index in [4.69, 9.17) is 11.6 Å². The fourth-order valence-corrected chi connectivity index (χ4v) is 3.29. The average molecular weight is 323 g/mol. The maximum absolute atomic E-state index is 12.3. The van der Waals surface area contributed by atoms with Gasteiger partial charge in [0.25, 0.3) is 5.91 Å². The quantitative estimate of drug-likeness (QED) is 0.675. The summed E-state index contributed by atoms with van der Waals surface area (Å²) >= 11 is 6.01. The van der Waals surface area contributed by atoms with Gasteiger partial charge in [-0.3, -0.25) is 4.79 Å². The van der Waals surface area contributed by atoms with Crippen molar-refractivity contribution in [3.8, 4) is 0 Å². The number of aromatic nitrogens is 1. The minimum atomic E-state index is -0.0874. The van der Waals surface area contributed by atoms with Crippen LogP contribution in [0.1, 0.15) is 18.1 Å². The number of nitrogens with one attached hydrogen (secondary N) is 1. The SMILES string of the molecule is CCn1cc(/C=C2/C(=O)Nc3cc(Cl)ccc32)c2ccccc21. The van der Waals surface area contributed by atoms with E-state index in [1.807, 2.05) is 30.3 Å². The van der Waals surface area contributed by atoms with Gasteiger partial charge in [-0.2, -0.15) is 0 Å². The second-order valence-electron chi connectivity index (χ2n) is 5.59. The van der Waals surface area contributed by atoms with Crippen molar-refractivity contribution in [2.45, 2.75) is 13.5 Å². The lowest BCUT2D eigenvalue weighted by molar-refractivity contribution is -0.110. The molecule has 23 heavy (non-hydrogen) atoms. The highest BCUT2D eigenvalue weighted by atomic mass is 35.5. The van der Waals surface area contributed by atoms with Gasteiger partial charge in [-0.1, -0.05) is 35.9 Å². The topological polar surface area (TPSA) is 34.0 Å². The van der Waals surface area contributed by atoms with Gasteiger partial charge >= 0.3 is 0 Å². The van der Waals surface area contributed by atoms with Crippen LogP contribution in [0.25, 0.3) is 22.6 Å². The Morgan fingerprint density at radius 2 is 2.04 bits per heavy atom. The highest BCUT2D eigenvalue weighted by molar-refractivity contribution is 6.36. The smallest absolute Gasteiger partial charge is 0.256 e. The zero-order valence-corrected chi connectivity index (χ0v) is 13.4. The van der Waals surface area contributed by atoms with Gasteiger partial charge in [0, 0.05) is 45.4 Å². The van der Waals surface area contributed by atoms with Gasteiger partial charge in [0.2, 0.25) is 0 Å². The molecule has 114 valence electrons. The van der Waals surface area contributed by atoms with Crippen molar-refractivity contribution in [2.24, 2.45) is 0 Å². The van der Waals surface area contributed by atoms with Crippen LogP contribution in [0.5, 0.6) is 0 Å². The van der Waals surface area contributed by atoms with Crippen LogP contribution >= 0.6 is 11.6 Å². The molecule has 2 heterocycles. The Morgan fingerprint density at radius 1 is 1.22 bits per heavy atom. The van der Waals surface area contributed by atoms with E-state index in [1.54, 1.807) is 6.07 Å². The summed E-state index contributed by atoms with van der Waals surface area (Å²) in [5.74, 6) is -0.0874. The van der Waals surface area contributed by atoms with Crippen LogP contribution in [0.2, 0.25) is 5.02 Å². The Bertz CT molecular complexity index is 969. The van der Waals surface area contributed by atoms with Crippen LogP contribution in [0, 0.1) is 0 Å². The minimum absolute atomic E-state index is 0.0874. The van der Waals surface area contributed by atoms with Gasteiger partial charge in [0.15, 0.2) is 0 Å². The summed E-state index contributed by atoms with van der Waals surface area (Å²) < 4.78 is 2.19.